The van der Waals surface area contributed by atoms with Crippen molar-refractivity contribution in [2.45, 2.75) is 24.8 Å². The van der Waals surface area contributed by atoms with Gasteiger partial charge in [-0.2, -0.15) is 0 Å². The minimum Gasteiger partial charge on any atom is -0.352 e. The first-order chi connectivity index (χ1) is 15.5. The second-order valence-electron chi connectivity index (χ2n) is 7.62. The molecule has 0 saturated carbocycles. The van der Waals surface area contributed by atoms with Crippen LogP contribution in [0.3, 0.4) is 0 Å². The predicted molar refractivity (Wildman–Crippen MR) is 131 cm³/mol. The van der Waals surface area contributed by atoms with E-state index >= 15 is 0 Å². The van der Waals surface area contributed by atoms with E-state index in [0.717, 1.165) is 21.7 Å². The number of carbonyl (C=O) groups is 2. The molecule has 3 aromatic carbocycles. The molecule has 162 valence electrons. The van der Waals surface area contributed by atoms with E-state index in [1.165, 1.54) is 23.4 Å². The molecule has 1 heterocycles. The Balaban J connectivity index is 1.47. The Labute approximate surface area is 197 Å². The molecule has 4 nitrogen and oxygen atoms in total. The van der Waals surface area contributed by atoms with Crippen LogP contribution in [-0.2, 0) is 22.6 Å². The molecule has 2 amide bonds. The van der Waals surface area contributed by atoms with E-state index in [4.69, 9.17) is 11.6 Å². The molecule has 0 bridgehead atoms. The molecule has 0 unspecified atom stereocenters. The van der Waals surface area contributed by atoms with Gasteiger partial charge in [-0.3, -0.25) is 9.59 Å². The SMILES string of the molecule is Cc1ccc(CN2C(=O)/C(=C/C(=O)NCCc3ccc(Cl)cc3)Sc3ccccc32)cc1. The molecule has 32 heavy (non-hydrogen) atoms. The molecule has 0 spiro atoms. The van der Waals surface area contributed by atoms with Crippen molar-refractivity contribution >= 4 is 40.9 Å². The molecule has 0 aliphatic carbocycles. The maximum atomic E-state index is 13.3. The Morgan fingerprint density at radius 2 is 1.69 bits per heavy atom. The van der Waals surface area contributed by atoms with Crippen LogP contribution in [-0.4, -0.2) is 18.4 Å². The maximum Gasteiger partial charge on any atom is 0.265 e. The summed E-state index contributed by atoms with van der Waals surface area (Å²) in [4.78, 5) is 28.9. The van der Waals surface area contributed by atoms with E-state index in [2.05, 4.69) is 5.32 Å². The van der Waals surface area contributed by atoms with Crippen molar-refractivity contribution in [3.05, 3.63) is 105 Å². The molecule has 4 rings (SSSR count). The number of hydrogen-bond donors (Lipinski definition) is 1. The highest BCUT2D eigenvalue weighted by atomic mass is 35.5. The standard InChI is InChI=1S/C26H23ClN2O2S/c1-18-6-8-20(9-7-18)17-29-22-4-2-3-5-23(22)32-24(26(29)31)16-25(30)28-15-14-19-10-12-21(27)13-11-19/h2-13,16H,14-15,17H2,1H3,(H,28,30)/b24-16-. The highest BCUT2D eigenvalue weighted by Gasteiger charge is 2.29. The Bertz CT molecular complexity index is 1160. The lowest BCUT2D eigenvalue weighted by Crippen LogP contribution is -2.34. The molecule has 0 radical (unpaired) electrons. The molecule has 1 N–H and O–H groups in total. The minimum absolute atomic E-state index is 0.165. The van der Waals surface area contributed by atoms with Crippen molar-refractivity contribution in [3.8, 4) is 0 Å². The van der Waals surface area contributed by atoms with Crippen molar-refractivity contribution in [2.75, 3.05) is 11.4 Å². The van der Waals surface area contributed by atoms with Gasteiger partial charge in [0.05, 0.1) is 17.1 Å². The van der Waals surface area contributed by atoms with E-state index in [1.807, 2.05) is 79.7 Å². The number of nitrogens with zero attached hydrogens (tertiary/aromatic N) is 1. The van der Waals surface area contributed by atoms with Gasteiger partial charge in [0.15, 0.2) is 0 Å². The molecule has 0 aromatic heterocycles. The number of benzene rings is 3. The maximum absolute atomic E-state index is 13.3. The number of nitrogens with one attached hydrogen (secondary N) is 1. The van der Waals surface area contributed by atoms with E-state index in [-0.39, 0.29) is 11.8 Å². The van der Waals surface area contributed by atoms with E-state index in [0.29, 0.717) is 29.4 Å². The largest absolute Gasteiger partial charge is 0.352 e. The van der Waals surface area contributed by atoms with Gasteiger partial charge in [0.2, 0.25) is 5.91 Å². The second-order valence-corrected chi connectivity index (χ2v) is 9.14. The highest BCUT2D eigenvalue weighted by Crippen LogP contribution is 2.41. The third-order valence-corrected chi connectivity index (χ3v) is 6.51. The number of hydrogen-bond acceptors (Lipinski definition) is 3. The summed E-state index contributed by atoms with van der Waals surface area (Å²) in [5.74, 6) is -0.438. The van der Waals surface area contributed by atoms with Gasteiger partial charge in [-0.15, -0.1) is 0 Å². The fourth-order valence-corrected chi connectivity index (χ4v) is 4.60. The molecule has 6 heteroatoms. The lowest BCUT2D eigenvalue weighted by Gasteiger charge is -2.30. The lowest BCUT2D eigenvalue weighted by atomic mass is 10.1. The first kappa shape index (κ1) is 22.2. The molecule has 1 aliphatic heterocycles. The summed E-state index contributed by atoms with van der Waals surface area (Å²) in [7, 11) is 0. The van der Waals surface area contributed by atoms with Gasteiger partial charge in [-0.25, -0.2) is 0 Å². The van der Waals surface area contributed by atoms with Crippen LogP contribution in [0, 0.1) is 6.92 Å². The van der Waals surface area contributed by atoms with Gasteiger partial charge in [0, 0.05) is 22.5 Å². The van der Waals surface area contributed by atoms with Crippen LogP contribution in [0.4, 0.5) is 5.69 Å². The fourth-order valence-electron chi connectivity index (χ4n) is 3.45. The third kappa shape index (κ3) is 5.42. The number of para-hydroxylation sites is 1. The Kier molecular flexibility index (Phi) is 6.98. The number of thioether (sulfide) groups is 1. The van der Waals surface area contributed by atoms with E-state index in [9.17, 15) is 9.59 Å². The van der Waals surface area contributed by atoms with Crippen molar-refractivity contribution in [1.82, 2.24) is 5.32 Å². The lowest BCUT2D eigenvalue weighted by molar-refractivity contribution is -0.118. The van der Waals surface area contributed by atoms with Crippen LogP contribution < -0.4 is 10.2 Å². The van der Waals surface area contributed by atoms with Crippen LogP contribution in [0.1, 0.15) is 16.7 Å². The summed E-state index contributed by atoms with van der Waals surface area (Å²) >= 11 is 7.24. The van der Waals surface area contributed by atoms with Crippen LogP contribution in [0.15, 0.2) is 88.7 Å². The molecule has 0 fully saturated rings. The molecule has 0 saturated heterocycles. The smallest absolute Gasteiger partial charge is 0.265 e. The van der Waals surface area contributed by atoms with Crippen LogP contribution in [0.5, 0.6) is 0 Å². The highest BCUT2D eigenvalue weighted by molar-refractivity contribution is 8.04. The van der Waals surface area contributed by atoms with Gasteiger partial charge in [-0.05, 0) is 48.7 Å². The van der Waals surface area contributed by atoms with Gasteiger partial charge in [0.1, 0.15) is 0 Å². The monoisotopic (exact) mass is 462 g/mol. The first-order valence-corrected chi connectivity index (χ1v) is 11.6. The number of rotatable bonds is 6. The average molecular weight is 463 g/mol. The second kappa shape index (κ2) is 10.1. The number of amides is 2. The summed E-state index contributed by atoms with van der Waals surface area (Å²) in [6, 6.07) is 23.4. The molecule has 3 aromatic rings. The van der Waals surface area contributed by atoms with Gasteiger partial charge in [0.25, 0.3) is 5.91 Å². The molecule has 0 atom stereocenters. The van der Waals surface area contributed by atoms with E-state index < -0.39 is 0 Å². The third-order valence-electron chi connectivity index (χ3n) is 5.18. The zero-order valence-corrected chi connectivity index (χ0v) is 19.2. The summed E-state index contributed by atoms with van der Waals surface area (Å²) in [5.41, 5.74) is 4.16. The van der Waals surface area contributed by atoms with Crippen LogP contribution >= 0.6 is 23.4 Å². The Morgan fingerprint density at radius 3 is 2.44 bits per heavy atom. The van der Waals surface area contributed by atoms with Gasteiger partial charge >= 0.3 is 0 Å². The van der Waals surface area contributed by atoms with E-state index in [1.54, 1.807) is 4.90 Å². The normalized spacial score (nSPS) is 14.4. The number of aryl methyl sites for hydroxylation is 1. The number of anilines is 1. The van der Waals surface area contributed by atoms with Crippen molar-refractivity contribution in [3.63, 3.8) is 0 Å². The molecular weight excluding hydrogens is 440 g/mol. The first-order valence-electron chi connectivity index (χ1n) is 10.4. The summed E-state index contributed by atoms with van der Waals surface area (Å²) in [5, 5.41) is 3.56. The quantitative estimate of drug-likeness (QED) is 0.490. The summed E-state index contributed by atoms with van der Waals surface area (Å²) in [6.07, 6.45) is 2.10. The average Bonchev–Trinajstić information content (AvgIpc) is 2.79. The van der Waals surface area contributed by atoms with Crippen LogP contribution in [0.2, 0.25) is 5.02 Å². The summed E-state index contributed by atoms with van der Waals surface area (Å²) < 4.78 is 0. The van der Waals surface area contributed by atoms with Gasteiger partial charge < -0.3 is 10.2 Å². The van der Waals surface area contributed by atoms with Gasteiger partial charge in [-0.1, -0.05) is 77.5 Å². The number of halogens is 1. The Hall–Kier alpha value is -3.02. The van der Waals surface area contributed by atoms with Crippen molar-refractivity contribution in [1.29, 1.82) is 0 Å². The zero-order chi connectivity index (χ0) is 22.5. The van der Waals surface area contributed by atoms with Crippen LogP contribution in [0.25, 0.3) is 0 Å². The molecular formula is C26H23ClN2O2S. The topological polar surface area (TPSA) is 49.4 Å². The Morgan fingerprint density at radius 1 is 1.00 bits per heavy atom. The predicted octanol–water partition coefficient (Wildman–Crippen LogP) is 5.53. The zero-order valence-electron chi connectivity index (χ0n) is 17.7. The number of fused-ring (bicyclic) bond motifs is 1. The minimum atomic E-state index is -0.274. The van der Waals surface area contributed by atoms with Crippen molar-refractivity contribution in [2.24, 2.45) is 0 Å². The molecule has 1 aliphatic rings. The fraction of sp³-hybridized carbons (Fsp3) is 0.154. The number of carbonyl (C=O) groups excluding carboxylic acids is 2. The summed E-state index contributed by atoms with van der Waals surface area (Å²) in [6.45, 7) is 2.97. The van der Waals surface area contributed by atoms with Crippen molar-refractivity contribution < 1.29 is 9.59 Å².